The van der Waals surface area contributed by atoms with Crippen molar-refractivity contribution in [3.8, 4) is 6.07 Å². The molecule has 126 valence electrons. The highest BCUT2D eigenvalue weighted by molar-refractivity contribution is 7.59. The van der Waals surface area contributed by atoms with Gasteiger partial charge in [0.05, 0.1) is 19.3 Å². The summed E-state index contributed by atoms with van der Waals surface area (Å²) in [5.41, 5.74) is 0.704. The Morgan fingerprint density at radius 3 is 2.22 bits per heavy atom. The number of ether oxygens (including phenoxy) is 1. The van der Waals surface area contributed by atoms with Gasteiger partial charge in [-0.3, -0.25) is 4.57 Å². The first-order chi connectivity index (χ1) is 11.0. The van der Waals surface area contributed by atoms with Crippen molar-refractivity contribution >= 4 is 13.3 Å². The zero-order valence-corrected chi connectivity index (χ0v) is 14.8. The standard InChI is InChI=1S/C16H23N2O4P/c1-5-20-23(19,21-6-2)15(12-17)16(22-13(3)4)18-14-10-8-7-9-11-14/h7-11,13,18H,5-6H2,1-4H3/b16-15-. The van der Waals surface area contributed by atoms with E-state index in [-0.39, 0.29) is 30.5 Å². The fourth-order valence-corrected chi connectivity index (χ4v) is 3.27. The molecule has 0 aliphatic carbocycles. The van der Waals surface area contributed by atoms with Crippen molar-refractivity contribution < 1.29 is 18.3 Å². The average molecular weight is 338 g/mol. The normalized spacial score (nSPS) is 12.5. The fraction of sp³-hybridized carbons (Fsp3) is 0.438. The Bertz CT molecular complexity index is 598. The third-order valence-corrected chi connectivity index (χ3v) is 4.63. The van der Waals surface area contributed by atoms with E-state index in [0.29, 0.717) is 5.69 Å². The van der Waals surface area contributed by atoms with E-state index in [1.165, 1.54) is 0 Å². The molecule has 0 heterocycles. The summed E-state index contributed by atoms with van der Waals surface area (Å²) >= 11 is 0. The van der Waals surface area contributed by atoms with E-state index < -0.39 is 7.60 Å². The van der Waals surface area contributed by atoms with Gasteiger partial charge in [0.2, 0.25) is 11.2 Å². The molecule has 0 amide bonds. The Morgan fingerprint density at radius 2 is 1.78 bits per heavy atom. The minimum atomic E-state index is -3.75. The van der Waals surface area contributed by atoms with E-state index in [2.05, 4.69) is 5.32 Å². The van der Waals surface area contributed by atoms with Crippen LogP contribution in [0.15, 0.2) is 41.5 Å². The van der Waals surface area contributed by atoms with Gasteiger partial charge in [-0.1, -0.05) is 18.2 Å². The zero-order valence-electron chi connectivity index (χ0n) is 13.9. The van der Waals surface area contributed by atoms with Crippen LogP contribution in [0.4, 0.5) is 5.69 Å². The van der Waals surface area contributed by atoms with Crippen molar-refractivity contribution in [2.24, 2.45) is 0 Å². The minimum absolute atomic E-state index is 0.0823. The van der Waals surface area contributed by atoms with E-state index in [1.807, 2.05) is 50.2 Å². The summed E-state index contributed by atoms with van der Waals surface area (Å²) in [6, 6.07) is 11.1. The Kier molecular flexibility index (Phi) is 7.84. The first kappa shape index (κ1) is 19.2. The third-order valence-electron chi connectivity index (χ3n) is 2.58. The van der Waals surface area contributed by atoms with E-state index in [0.717, 1.165) is 0 Å². The van der Waals surface area contributed by atoms with Gasteiger partial charge in [-0.05, 0) is 39.8 Å². The maximum atomic E-state index is 12.9. The van der Waals surface area contributed by atoms with Gasteiger partial charge >= 0.3 is 7.60 Å². The van der Waals surface area contributed by atoms with Crippen LogP contribution in [0, 0.1) is 11.3 Å². The monoisotopic (exact) mass is 338 g/mol. The molecule has 0 saturated heterocycles. The Balaban J connectivity index is 3.33. The molecule has 0 unspecified atom stereocenters. The van der Waals surface area contributed by atoms with Crippen molar-refractivity contribution in [3.63, 3.8) is 0 Å². The molecule has 0 fully saturated rings. The molecule has 0 spiro atoms. The van der Waals surface area contributed by atoms with Gasteiger partial charge in [0.1, 0.15) is 6.07 Å². The molecule has 1 N–H and O–H groups in total. The average Bonchev–Trinajstić information content (AvgIpc) is 2.48. The number of nitriles is 1. The summed E-state index contributed by atoms with van der Waals surface area (Å²) in [6.07, 6.45) is -0.221. The number of nitrogens with one attached hydrogen (secondary N) is 1. The second-order valence-electron chi connectivity index (χ2n) is 4.78. The van der Waals surface area contributed by atoms with Crippen molar-refractivity contribution in [1.82, 2.24) is 0 Å². The van der Waals surface area contributed by atoms with Crippen molar-refractivity contribution in [2.45, 2.75) is 33.8 Å². The molecule has 1 rings (SSSR count). The lowest BCUT2D eigenvalue weighted by Gasteiger charge is -2.21. The highest BCUT2D eigenvalue weighted by atomic mass is 31.2. The van der Waals surface area contributed by atoms with Gasteiger partial charge in [-0.2, -0.15) is 5.26 Å². The minimum Gasteiger partial charge on any atom is -0.475 e. The number of hydrogen-bond donors (Lipinski definition) is 1. The number of nitrogens with zero attached hydrogens (tertiary/aromatic N) is 1. The predicted molar refractivity (Wildman–Crippen MR) is 89.8 cm³/mol. The quantitative estimate of drug-likeness (QED) is 0.406. The van der Waals surface area contributed by atoms with Crippen LogP contribution in [0.25, 0.3) is 0 Å². The van der Waals surface area contributed by atoms with Gasteiger partial charge in [0, 0.05) is 5.69 Å². The molecule has 0 radical (unpaired) electrons. The maximum Gasteiger partial charge on any atom is 0.377 e. The molecule has 7 heteroatoms. The summed E-state index contributed by atoms with van der Waals surface area (Å²) in [7, 11) is -3.75. The second kappa shape index (κ2) is 9.36. The van der Waals surface area contributed by atoms with Gasteiger partial charge in [0.25, 0.3) is 0 Å². The number of anilines is 1. The zero-order chi connectivity index (χ0) is 17.3. The maximum absolute atomic E-state index is 12.9. The lowest BCUT2D eigenvalue weighted by molar-refractivity contribution is 0.149. The first-order valence-electron chi connectivity index (χ1n) is 7.49. The second-order valence-corrected chi connectivity index (χ2v) is 6.74. The molecule has 6 nitrogen and oxygen atoms in total. The van der Waals surface area contributed by atoms with Crippen molar-refractivity contribution in [1.29, 1.82) is 5.26 Å². The van der Waals surface area contributed by atoms with Crippen molar-refractivity contribution in [2.75, 3.05) is 18.5 Å². The molecule has 23 heavy (non-hydrogen) atoms. The lowest BCUT2D eigenvalue weighted by Crippen LogP contribution is -2.14. The number of para-hydroxylation sites is 1. The highest BCUT2D eigenvalue weighted by Crippen LogP contribution is 2.57. The number of allylic oxidation sites excluding steroid dienone is 1. The van der Waals surface area contributed by atoms with Crippen molar-refractivity contribution in [3.05, 3.63) is 41.5 Å². The summed E-state index contributed by atoms with van der Waals surface area (Å²) in [5.74, 6) is 0.0823. The Morgan fingerprint density at radius 1 is 1.22 bits per heavy atom. The molecule has 0 aromatic heterocycles. The number of benzene rings is 1. The SMILES string of the molecule is CCOP(=O)(OCC)/C(C#N)=C(/Nc1ccccc1)OC(C)C. The van der Waals surface area contributed by atoms with Crippen LogP contribution >= 0.6 is 7.60 Å². The van der Waals surface area contributed by atoms with E-state index in [9.17, 15) is 9.83 Å². The number of hydrogen-bond acceptors (Lipinski definition) is 6. The van der Waals surface area contributed by atoms with Gasteiger partial charge < -0.3 is 19.1 Å². The van der Waals surface area contributed by atoms with Gasteiger partial charge in [-0.15, -0.1) is 0 Å². The molecule has 0 aliphatic heterocycles. The summed E-state index contributed by atoms with van der Waals surface area (Å²) in [6.45, 7) is 7.32. The molecule has 0 bridgehead atoms. The van der Waals surface area contributed by atoms with Gasteiger partial charge in [0.15, 0.2) is 0 Å². The van der Waals surface area contributed by atoms with Crippen LogP contribution in [-0.2, 0) is 18.3 Å². The van der Waals surface area contributed by atoms with Crippen LogP contribution in [0.3, 0.4) is 0 Å². The van der Waals surface area contributed by atoms with Gasteiger partial charge in [-0.25, -0.2) is 0 Å². The molecular formula is C16H23N2O4P. The Hall–Kier alpha value is -1.80. The molecule has 0 atom stereocenters. The first-order valence-corrected chi connectivity index (χ1v) is 9.03. The summed E-state index contributed by atoms with van der Waals surface area (Å²) < 4.78 is 29.1. The highest BCUT2D eigenvalue weighted by Gasteiger charge is 2.35. The molecule has 0 saturated carbocycles. The Labute approximate surface area is 137 Å². The summed E-state index contributed by atoms with van der Waals surface area (Å²) in [4.78, 5) is 0. The lowest BCUT2D eigenvalue weighted by atomic mass is 10.3. The topological polar surface area (TPSA) is 80.6 Å². The molecule has 0 aliphatic rings. The molecule has 1 aromatic rings. The van der Waals surface area contributed by atoms with Crippen LogP contribution in [0.1, 0.15) is 27.7 Å². The number of rotatable bonds is 9. The third kappa shape index (κ3) is 5.72. The molecular weight excluding hydrogens is 315 g/mol. The van der Waals surface area contributed by atoms with Crippen LogP contribution < -0.4 is 5.32 Å². The van der Waals surface area contributed by atoms with Crippen LogP contribution in [0.2, 0.25) is 0 Å². The predicted octanol–water partition coefficient (Wildman–Crippen LogP) is 4.48. The van der Waals surface area contributed by atoms with E-state index in [1.54, 1.807) is 13.8 Å². The summed E-state index contributed by atoms with van der Waals surface area (Å²) in [5, 5.41) is 12.3. The van der Waals surface area contributed by atoms with Crippen LogP contribution in [0.5, 0.6) is 0 Å². The largest absolute Gasteiger partial charge is 0.475 e. The van der Waals surface area contributed by atoms with E-state index >= 15 is 0 Å². The smallest absolute Gasteiger partial charge is 0.377 e. The molecule has 1 aromatic carbocycles. The van der Waals surface area contributed by atoms with E-state index in [4.69, 9.17) is 13.8 Å². The van der Waals surface area contributed by atoms with Crippen LogP contribution in [-0.4, -0.2) is 19.3 Å². The fourth-order valence-electron chi connectivity index (χ4n) is 1.78.